The normalized spacial score (nSPS) is 19.1. The number of amides is 2. The first-order valence-corrected chi connectivity index (χ1v) is 6.81. The summed E-state index contributed by atoms with van der Waals surface area (Å²) in [4.78, 5) is 24.6. The maximum atomic E-state index is 11.8. The van der Waals surface area contributed by atoms with Crippen molar-refractivity contribution in [3.8, 4) is 5.75 Å². The Morgan fingerprint density at radius 3 is 2.53 bits per heavy atom. The molecule has 1 heterocycles. The molecule has 19 heavy (non-hydrogen) atoms. The highest BCUT2D eigenvalue weighted by Crippen LogP contribution is 2.27. The first-order valence-electron chi connectivity index (χ1n) is 6.37. The average Bonchev–Trinajstić information content (AvgIpc) is 2.65. The number of anilines is 1. The van der Waals surface area contributed by atoms with E-state index in [1.807, 2.05) is 0 Å². The van der Waals surface area contributed by atoms with Crippen molar-refractivity contribution in [2.75, 3.05) is 11.5 Å². The van der Waals surface area contributed by atoms with Crippen molar-refractivity contribution < 1.29 is 14.3 Å². The van der Waals surface area contributed by atoms with Gasteiger partial charge in [0.25, 0.3) is 5.91 Å². The molecule has 0 bridgehead atoms. The highest BCUT2D eigenvalue weighted by atomic mass is 35.5. The molecular weight excluding hydrogens is 266 g/mol. The van der Waals surface area contributed by atoms with E-state index in [-0.39, 0.29) is 18.2 Å². The van der Waals surface area contributed by atoms with E-state index in [2.05, 4.69) is 6.92 Å². The van der Waals surface area contributed by atoms with Gasteiger partial charge >= 0.3 is 0 Å². The molecule has 1 saturated heterocycles. The van der Waals surface area contributed by atoms with Crippen LogP contribution in [0.4, 0.5) is 5.69 Å². The summed E-state index contributed by atoms with van der Waals surface area (Å²) in [5.41, 5.74) is 0.543. The number of hydrogen-bond acceptors (Lipinski definition) is 3. The van der Waals surface area contributed by atoms with Crippen molar-refractivity contribution in [2.24, 2.45) is 0 Å². The van der Waals surface area contributed by atoms with E-state index in [1.165, 1.54) is 0 Å². The zero-order valence-electron chi connectivity index (χ0n) is 10.8. The van der Waals surface area contributed by atoms with E-state index in [4.69, 9.17) is 16.3 Å². The molecule has 4 nitrogen and oxygen atoms in total. The van der Waals surface area contributed by atoms with Crippen molar-refractivity contribution in [1.29, 1.82) is 0 Å². The van der Waals surface area contributed by atoms with Gasteiger partial charge in [-0.1, -0.05) is 13.3 Å². The summed E-state index contributed by atoms with van der Waals surface area (Å²) in [6.07, 6.45) is 2.14. The molecule has 0 saturated carbocycles. The molecule has 2 rings (SSSR count). The Morgan fingerprint density at radius 1 is 1.32 bits per heavy atom. The molecule has 1 aliphatic heterocycles. The Hall–Kier alpha value is -1.55. The monoisotopic (exact) mass is 281 g/mol. The third-order valence-corrected chi connectivity index (χ3v) is 3.29. The van der Waals surface area contributed by atoms with Gasteiger partial charge in [-0.05, 0) is 30.7 Å². The molecule has 0 aromatic heterocycles. The van der Waals surface area contributed by atoms with Gasteiger partial charge in [0.2, 0.25) is 5.91 Å². The summed E-state index contributed by atoms with van der Waals surface area (Å²) in [6, 6.07) is 6.91. The van der Waals surface area contributed by atoms with Crippen LogP contribution in [0.2, 0.25) is 0 Å². The van der Waals surface area contributed by atoms with Crippen molar-refractivity contribution >= 4 is 29.1 Å². The summed E-state index contributed by atoms with van der Waals surface area (Å²) >= 11 is 5.78. The fourth-order valence-electron chi connectivity index (χ4n) is 1.89. The molecule has 0 N–H and O–H groups in total. The molecule has 1 aromatic rings. The first kappa shape index (κ1) is 13.9. The van der Waals surface area contributed by atoms with Crippen molar-refractivity contribution in [1.82, 2.24) is 0 Å². The number of carbonyl (C=O) groups excluding carboxylic acids is 2. The van der Waals surface area contributed by atoms with Crippen LogP contribution in [0.15, 0.2) is 24.3 Å². The van der Waals surface area contributed by atoms with Crippen molar-refractivity contribution in [3.05, 3.63) is 24.3 Å². The molecule has 0 aliphatic carbocycles. The number of ether oxygens (including phenoxy) is 1. The molecule has 2 amide bonds. The van der Waals surface area contributed by atoms with E-state index >= 15 is 0 Å². The number of nitrogens with zero attached hydrogens (tertiary/aromatic N) is 1. The SMILES string of the molecule is CCCCOc1ccc(N2C(=O)CC(Cl)C2=O)cc1. The lowest BCUT2D eigenvalue weighted by Gasteiger charge is -2.14. The first-order chi connectivity index (χ1) is 9.13. The van der Waals surface area contributed by atoms with Gasteiger partial charge in [0.15, 0.2) is 0 Å². The molecule has 0 spiro atoms. The van der Waals surface area contributed by atoms with Gasteiger partial charge < -0.3 is 4.74 Å². The van der Waals surface area contributed by atoms with Gasteiger partial charge in [0, 0.05) is 0 Å². The van der Waals surface area contributed by atoms with Gasteiger partial charge in [0.05, 0.1) is 18.7 Å². The van der Waals surface area contributed by atoms with Crippen LogP contribution in [0, 0.1) is 0 Å². The third-order valence-electron chi connectivity index (χ3n) is 2.95. The lowest BCUT2D eigenvalue weighted by atomic mass is 10.2. The van der Waals surface area contributed by atoms with Crippen LogP contribution in [0.25, 0.3) is 0 Å². The number of hydrogen-bond donors (Lipinski definition) is 0. The summed E-state index contributed by atoms with van der Waals surface area (Å²) in [5, 5.41) is -0.743. The summed E-state index contributed by atoms with van der Waals surface area (Å²) in [5.74, 6) is 0.120. The van der Waals surface area contributed by atoms with Gasteiger partial charge in [-0.3, -0.25) is 9.59 Å². The summed E-state index contributed by atoms with van der Waals surface area (Å²) < 4.78 is 5.52. The number of alkyl halides is 1. The van der Waals surface area contributed by atoms with E-state index in [1.54, 1.807) is 24.3 Å². The maximum absolute atomic E-state index is 11.8. The molecule has 1 aliphatic rings. The highest BCUT2D eigenvalue weighted by molar-refractivity contribution is 6.40. The Labute approximate surface area is 117 Å². The number of imide groups is 1. The predicted octanol–water partition coefficient (Wildman–Crippen LogP) is 2.74. The lowest BCUT2D eigenvalue weighted by molar-refractivity contribution is -0.121. The van der Waals surface area contributed by atoms with Crippen LogP contribution in [0.1, 0.15) is 26.2 Å². The predicted molar refractivity (Wildman–Crippen MR) is 73.6 cm³/mol. The second kappa shape index (κ2) is 6.06. The molecule has 1 atom stereocenters. The van der Waals surface area contributed by atoms with Gasteiger partial charge in [0.1, 0.15) is 11.1 Å². The number of halogens is 1. The number of carbonyl (C=O) groups is 2. The molecule has 102 valence electrons. The minimum Gasteiger partial charge on any atom is -0.494 e. The van der Waals surface area contributed by atoms with Crippen LogP contribution in [-0.2, 0) is 9.59 Å². The second-order valence-corrected chi connectivity index (χ2v) is 4.96. The standard InChI is InChI=1S/C14H16ClNO3/c1-2-3-8-19-11-6-4-10(5-7-11)16-13(17)9-12(15)14(16)18/h4-7,12H,2-3,8-9H2,1H3. The van der Waals surface area contributed by atoms with Crippen LogP contribution in [0.3, 0.4) is 0 Å². The third kappa shape index (κ3) is 3.07. The minimum atomic E-state index is -0.743. The molecule has 1 unspecified atom stereocenters. The highest BCUT2D eigenvalue weighted by Gasteiger charge is 2.38. The van der Waals surface area contributed by atoms with Crippen molar-refractivity contribution in [3.63, 3.8) is 0 Å². The Morgan fingerprint density at radius 2 is 2.00 bits per heavy atom. The fraction of sp³-hybridized carbons (Fsp3) is 0.429. The Bertz CT molecular complexity index is 472. The lowest BCUT2D eigenvalue weighted by Crippen LogP contribution is -2.30. The van der Waals surface area contributed by atoms with Crippen LogP contribution in [0.5, 0.6) is 5.75 Å². The summed E-state index contributed by atoms with van der Waals surface area (Å²) in [6.45, 7) is 2.76. The number of benzene rings is 1. The van der Waals surface area contributed by atoms with E-state index < -0.39 is 5.38 Å². The van der Waals surface area contributed by atoms with E-state index in [0.29, 0.717) is 12.3 Å². The van der Waals surface area contributed by atoms with Gasteiger partial charge in [-0.25, -0.2) is 4.90 Å². The zero-order chi connectivity index (χ0) is 13.8. The topological polar surface area (TPSA) is 46.6 Å². The summed E-state index contributed by atoms with van der Waals surface area (Å²) in [7, 11) is 0. The largest absolute Gasteiger partial charge is 0.494 e. The molecule has 0 radical (unpaired) electrons. The van der Waals surface area contributed by atoms with Crippen LogP contribution < -0.4 is 9.64 Å². The second-order valence-electron chi connectivity index (χ2n) is 4.43. The molecule has 5 heteroatoms. The quantitative estimate of drug-likeness (QED) is 0.474. The van der Waals surface area contributed by atoms with Crippen LogP contribution in [-0.4, -0.2) is 23.8 Å². The zero-order valence-corrected chi connectivity index (χ0v) is 11.5. The smallest absolute Gasteiger partial charge is 0.252 e. The number of rotatable bonds is 5. The number of unbranched alkanes of at least 4 members (excludes halogenated alkanes) is 1. The van der Waals surface area contributed by atoms with Crippen LogP contribution >= 0.6 is 11.6 Å². The molecular formula is C14H16ClNO3. The fourth-order valence-corrected chi connectivity index (χ4v) is 2.12. The maximum Gasteiger partial charge on any atom is 0.252 e. The Balaban J connectivity index is 2.06. The van der Waals surface area contributed by atoms with Crippen molar-refractivity contribution in [2.45, 2.75) is 31.6 Å². The molecule has 1 aromatic carbocycles. The van der Waals surface area contributed by atoms with Gasteiger partial charge in [-0.15, -0.1) is 11.6 Å². The molecule has 1 fully saturated rings. The minimum absolute atomic E-state index is 0.0646. The van der Waals surface area contributed by atoms with E-state index in [9.17, 15) is 9.59 Å². The van der Waals surface area contributed by atoms with E-state index in [0.717, 1.165) is 23.5 Å². The average molecular weight is 282 g/mol. The Kier molecular flexibility index (Phi) is 4.43. The van der Waals surface area contributed by atoms with Gasteiger partial charge in [-0.2, -0.15) is 0 Å².